The molecule has 0 amide bonds. The maximum absolute atomic E-state index is 12.5. The van der Waals surface area contributed by atoms with Crippen LogP contribution in [0.3, 0.4) is 0 Å². The van der Waals surface area contributed by atoms with Gasteiger partial charge >= 0.3 is 5.97 Å². The molecule has 0 aliphatic rings. The van der Waals surface area contributed by atoms with Crippen LogP contribution in [0.25, 0.3) is 0 Å². The third-order valence-electron chi connectivity index (χ3n) is 4.10. The molecular formula is C21H28N2O2. The zero-order valence-corrected chi connectivity index (χ0v) is 15.7. The van der Waals surface area contributed by atoms with Crippen LogP contribution in [-0.2, 0) is 17.9 Å². The average molecular weight is 340 g/mol. The van der Waals surface area contributed by atoms with E-state index >= 15 is 0 Å². The number of hydrogen-bond acceptors (Lipinski definition) is 4. The van der Waals surface area contributed by atoms with Crippen LogP contribution in [0.4, 0.5) is 0 Å². The Labute approximate surface area is 151 Å². The SMILES string of the molecule is Cc1ccc(COC(=O)c2ccccc2CN(C)CCN(C)C)cc1. The number of carbonyl (C=O) groups is 1. The fourth-order valence-corrected chi connectivity index (χ4v) is 2.51. The minimum atomic E-state index is -0.266. The molecule has 0 N–H and O–H groups in total. The second-order valence-electron chi connectivity index (χ2n) is 6.76. The van der Waals surface area contributed by atoms with Gasteiger partial charge < -0.3 is 14.5 Å². The number of hydrogen-bond donors (Lipinski definition) is 0. The summed E-state index contributed by atoms with van der Waals surface area (Å²) in [6.07, 6.45) is 0. The quantitative estimate of drug-likeness (QED) is 0.690. The Morgan fingerprint density at radius 3 is 2.32 bits per heavy atom. The lowest BCUT2D eigenvalue weighted by Gasteiger charge is -2.20. The van der Waals surface area contributed by atoms with E-state index in [1.165, 1.54) is 5.56 Å². The van der Waals surface area contributed by atoms with Crippen LogP contribution in [0.2, 0.25) is 0 Å². The van der Waals surface area contributed by atoms with E-state index in [-0.39, 0.29) is 5.97 Å². The largest absolute Gasteiger partial charge is 0.457 e. The van der Waals surface area contributed by atoms with Crippen LogP contribution < -0.4 is 0 Å². The third-order valence-corrected chi connectivity index (χ3v) is 4.10. The number of carbonyl (C=O) groups excluding carboxylic acids is 1. The predicted octanol–water partition coefficient (Wildman–Crippen LogP) is 3.35. The topological polar surface area (TPSA) is 32.8 Å². The van der Waals surface area contributed by atoms with Gasteiger partial charge in [-0.2, -0.15) is 0 Å². The smallest absolute Gasteiger partial charge is 0.338 e. The van der Waals surface area contributed by atoms with Gasteiger partial charge in [-0.05, 0) is 45.3 Å². The molecule has 0 spiro atoms. The molecule has 4 heteroatoms. The Kier molecular flexibility index (Phi) is 7.16. The minimum absolute atomic E-state index is 0.266. The number of benzene rings is 2. The molecule has 0 aliphatic carbocycles. The second kappa shape index (κ2) is 9.35. The molecule has 2 rings (SSSR count). The molecule has 0 bridgehead atoms. The van der Waals surface area contributed by atoms with E-state index in [1.807, 2.05) is 55.5 Å². The Hall–Kier alpha value is -2.17. The predicted molar refractivity (Wildman–Crippen MR) is 102 cm³/mol. The summed E-state index contributed by atoms with van der Waals surface area (Å²) in [6.45, 7) is 4.99. The van der Waals surface area contributed by atoms with Crippen LogP contribution >= 0.6 is 0 Å². The van der Waals surface area contributed by atoms with Crippen molar-refractivity contribution in [1.82, 2.24) is 9.80 Å². The highest BCUT2D eigenvalue weighted by molar-refractivity contribution is 5.91. The second-order valence-corrected chi connectivity index (χ2v) is 6.76. The van der Waals surface area contributed by atoms with Crippen molar-refractivity contribution in [3.8, 4) is 0 Å². The number of aryl methyl sites for hydroxylation is 1. The summed E-state index contributed by atoms with van der Waals surface area (Å²) in [6, 6.07) is 15.7. The van der Waals surface area contributed by atoms with Crippen molar-refractivity contribution in [3.05, 3.63) is 70.8 Å². The van der Waals surface area contributed by atoms with Crippen molar-refractivity contribution in [3.63, 3.8) is 0 Å². The number of ether oxygens (including phenoxy) is 1. The molecular weight excluding hydrogens is 312 g/mol. The summed E-state index contributed by atoms with van der Waals surface area (Å²) in [5.41, 5.74) is 3.84. The fraction of sp³-hybridized carbons (Fsp3) is 0.381. The average Bonchev–Trinajstić information content (AvgIpc) is 2.59. The molecule has 0 aliphatic heterocycles. The lowest BCUT2D eigenvalue weighted by atomic mass is 10.1. The van der Waals surface area contributed by atoms with Crippen LogP contribution in [0.5, 0.6) is 0 Å². The summed E-state index contributed by atoms with van der Waals surface area (Å²) < 4.78 is 5.51. The zero-order valence-electron chi connectivity index (χ0n) is 15.7. The van der Waals surface area contributed by atoms with Gasteiger partial charge in [0.2, 0.25) is 0 Å². The lowest BCUT2D eigenvalue weighted by molar-refractivity contribution is 0.0470. The van der Waals surface area contributed by atoms with E-state index < -0.39 is 0 Å². The van der Waals surface area contributed by atoms with Crippen LogP contribution in [0.15, 0.2) is 48.5 Å². The molecule has 25 heavy (non-hydrogen) atoms. The van der Waals surface area contributed by atoms with Gasteiger partial charge in [0.1, 0.15) is 6.61 Å². The van der Waals surface area contributed by atoms with E-state index in [9.17, 15) is 4.79 Å². The van der Waals surface area contributed by atoms with Crippen molar-refractivity contribution in [2.45, 2.75) is 20.1 Å². The van der Waals surface area contributed by atoms with Crippen LogP contribution in [-0.4, -0.2) is 50.0 Å². The minimum Gasteiger partial charge on any atom is -0.457 e. The van der Waals surface area contributed by atoms with Crippen molar-refractivity contribution in [2.24, 2.45) is 0 Å². The summed E-state index contributed by atoms with van der Waals surface area (Å²) in [4.78, 5) is 16.9. The van der Waals surface area contributed by atoms with E-state index in [1.54, 1.807) is 0 Å². The first-order valence-electron chi connectivity index (χ1n) is 8.59. The summed E-state index contributed by atoms with van der Waals surface area (Å²) in [7, 11) is 6.19. The first kappa shape index (κ1) is 19.2. The van der Waals surface area contributed by atoms with Crippen molar-refractivity contribution in [1.29, 1.82) is 0 Å². The highest BCUT2D eigenvalue weighted by atomic mass is 16.5. The molecule has 0 aromatic heterocycles. The van der Waals surface area contributed by atoms with Crippen molar-refractivity contribution >= 4 is 5.97 Å². The van der Waals surface area contributed by atoms with Gasteiger partial charge in [0.05, 0.1) is 5.56 Å². The molecule has 0 unspecified atom stereocenters. The molecule has 0 fully saturated rings. The van der Waals surface area contributed by atoms with Gasteiger partial charge in [-0.1, -0.05) is 48.0 Å². The van der Waals surface area contributed by atoms with Gasteiger partial charge in [-0.25, -0.2) is 4.79 Å². The first-order valence-corrected chi connectivity index (χ1v) is 8.59. The van der Waals surface area contributed by atoms with Crippen LogP contribution in [0, 0.1) is 6.92 Å². The molecule has 0 heterocycles. The monoisotopic (exact) mass is 340 g/mol. The Balaban J connectivity index is 1.98. The first-order chi connectivity index (χ1) is 12.0. The number of esters is 1. The molecule has 134 valence electrons. The lowest BCUT2D eigenvalue weighted by Crippen LogP contribution is -2.28. The molecule has 2 aromatic carbocycles. The Morgan fingerprint density at radius 2 is 1.64 bits per heavy atom. The van der Waals surface area contributed by atoms with Gasteiger partial charge in [0.15, 0.2) is 0 Å². The standard InChI is InChI=1S/C21H28N2O2/c1-17-9-11-18(12-10-17)16-25-21(24)20-8-6-5-7-19(20)15-23(4)14-13-22(2)3/h5-12H,13-16H2,1-4H3. The third kappa shape index (κ3) is 6.33. The summed E-state index contributed by atoms with van der Waals surface area (Å²) in [5, 5.41) is 0. The Bertz CT molecular complexity index is 681. The van der Waals surface area contributed by atoms with Gasteiger partial charge in [0, 0.05) is 19.6 Å². The summed E-state index contributed by atoms with van der Waals surface area (Å²) >= 11 is 0. The molecule has 4 nitrogen and oxygen atoms in total. The molecule has 0 saturated carbocycles. The molecule has 0 saturated heterocycles. The fourth-order valence-electron chi connectivity index (χ4n) is 2.51. The molecule has 0 radical (unpaired) electrons. The normalized spacial score (nSPS) is 11.1. The maximum atomic E-state index is 12.5. The van der Waals surface area contributed by atoms with Gasteiger partial charge in [-0.3, -0.25) is 0 Å². The van der Waals surface area contributed by atoms with E-state index in [2.05, 4.69) is 30.9 Å². The van der Waals surface area contributed by atoms with Gasteiger partial charge in [0.25, 0.3) is 0 Å². The van der Waals surface area contributed by atoms with E-state index in [0.717, 1.165) is 30.8 Å². The zero-order chi connectivity index (χ0) is 18.2. The maximum Gasteiger partial charge on any atom is 0.338 e. The van der Waals surface area contributed by atoms with Crippen molar-refractivity contribution < 1.29 is 9.53 Å². The van der Waals surface area contributed by atoms with E-state index in [4.69, 9.17) is 4.74 Å². The van der Waals surface area contributed by atoms with Gasteiger partial charge in [-0.15, -0.1) is 0 Å². The molecule has 2 aromatic rings. The van der Waals surface area contributed by atoms with Crippen molar-refractivity contribution in [2.75, 3.05) is 34.2 Å². The summed E-state index contributed by atoms with van der Waals surface area (Å²) in [5.74, 6) is -0.266. The van der Waals surface area contributed by atoms with E-state index in [0.29, 0.717) is 12.2 Å². The molecule has 0 atom stereocenters. The number of likely N-dealkylation sites (N-methyl/N-ethyl adjacent to an activating group) is 2. The number of rotatable bonds is 8. The Morgan fingerprint density at radius 1 is 0.960 bits per heavy atom. The highest BCUT2D eigenvalue weighted by Crippen LogP contribution is 2.14. The van der Waals surface area contributed by atoms with Crippen LogP contribution in [0.1, 0.15) is 27.0 Å². The highest BCUT2D eigenvalue weighted by Gasteiger charge is 2.14. The number of nitrogens with zero attached hydrogens (tertiary/aromatic N) is 2.